The average Bonchev–Trinajstić information content (AvgIpc) is 2.31. The summed E-state index contributed by atoms with van der Waals surface area (Å²) in [7, 11) is 0. The molecule has 0 aromatic rings. The number of carbonyl (C=O) groups is 2. The molecule has 1 unspecified atom stereocenters. The summed E-state index contributed by atoms with van der Waals surface area (Å²) in [6.45, 7) is 7.33. The van der Waals surface area contributed by atoms with Crippen LogP contribution in [0.5, 0.6) is 0 Å². The first-order chi connectivity index (χ1) is 7.52. The van der Waals surface area contributed by atoms with Gasteiger partial charge in [-0.3, -0.25) is 9.59 Å². The normalized spacial score (nSPS) is 13.9. The Bertz CT molecular complexity index is 256. The number of hydrogen-bond donors (Lipinski definition) is 2. The molecule has 1 amide bonds. The van der Waals surface area contributed by atoms with Crippen molar-refractivity contribution in [1.29, 1.82) is 0 Å². The van der Waals surface area contributed by atoms with Gasteiger partial charge in [-0.25, -0.2) is 0 Å². The number of aliphatic hydroxyl groups is 1. The van der Waals surface area contributed by atoms with Crippen LogP contribution >= 0.6 is 11.8 Å². The number of carbonyl (C=O) groups excluding carboxylic acids is 2. The summed E-state index contributed by atoms with van der Waals surface area (Å²) in [6.07, 6.45) is 0.997. The lowest BCUT2D eigenvalue weighted by atomic mass is 10.1. The van der Waals surface area contributed by atoms with Gasteiger partial charge in [0.1, 0.15) is 0 Å². The van der Waals surface area contributed by atoms with Crippen LogP contribution in [-0.4, -0.2) is 34.5 Å². The van der Waals surface area contributed by atoms with Gasteiger partial charge in [-0.1, -0.05) is 31.7 Å². The minimum absolute atomic E-state index is 0.0211. The van der Waals surface area contributed by atoms with Gasteiger partial charge >= 0.3 is 0 Å². The van der Waals surface area contributed by atoms with E-state index in [1.165, 1.54) is 6.08 Å². The Labute approximate surface area is 100 Å². The topological polar surface area (TPSA) is 66.4 Å². The van der Waals surface area contributed by atoms with Crippen LogP contribution in [0.2, 0.25) is 0 Å². The van der Waals surface area contributed by atoms with Crippen molar-refractivity contribution in [1.82, 2.24) is 5.32 Å². The highest BCUT2D eigenvalue weighted by molar-refractivity contribution is 8.13. The maximum absolute atomic E-state index is 11.5. The highest BCUT2D eigenvalue weighted by atomic mass is 32.2. The maximum atomic E-state index is 11.5. The van der Waals surface area contributed by atoms with Crippen LogP contribution in [0.15, 0.2) is 12.7 Å². The van der Waals surface area contributed by atoms with E-state index in [-0.39, 0.29) is 11.0 Å². The van der Waals surface area contributed by atoms with Gasteiger partial charge in [-0.05, 0) is 0 Å². The van der Waals surface area contributed by atoms with Gasteiger partial charge in [0.25, 0.3) is 0 Å². The maximum Gasteiger partial charge on any atom is 0.219 e. The van der Waals surface area contributed by atoms with Crippen LogP contribution in [0.3, 0.4) is 0 Å². The average molecular weight is 245 g/mol. The van der Waals surface area contributed by atoms with E-state index < -0.39 is 12.0 Å². The largest absolute Gasteiger partial charge is 0.388 e. The molecule has 0 saturated heterocycles. The number of amides is 1. The van der Waals surface area contributed by atoms with Crippen LogP contribution in [0.4, 0.5) is 0 Å². The van der Waals surface area contributed by atoms with Crippen LogP contribution < -0.4 is 5.32 Å². The molecule has 0 aliphatic heterocycles. The third-order valence-electron chi connectivity index (χ3n) is 2.12. The molecule has 0 fully saturated rings. The van der Waals surface area contributed by atoms with Gasteiger partial charge in [0.2, 0.25) is 5.91 Å². The van der Waals surface area contributed by atoms with E-state index >= 15 is 0 Å². The SMILES string of the molecule is C=CC(O)[C@H](C)C(=O)SCCNC(=O)CC. The fourth-order valence-electron chi connectivity index (χ4n) is 0.942. The lowest BCUT2D eigenvalue weighted by molar-refractivity contribution is -0.120. The summed E-state index contributed by atoms with van der Waals surface area (Å²) in [5.74, 6) is 0.0512. The van der Waals surface area contributed by atoms with E-state index in [0.717, 1.165) is 11.8 Å². The van der Waals surface area contributed by atoms with Crippen molar-refractivity contribution in [2.24, 2.45) is 5.92 Å². The molecule has 0 spiro atoms. The fourth-order valence-corrected chi connectivity index (χ4v) is 1.75. The summed E-state index contributed by atoms with van der Waals surface area (Å²) in [6, 6.07) is 0. The van der Waals surface area contributed by atoms with Crippen molar-refractivity contribution < 1.29 is 14.7 Å². The monoisotopic (exact) mass is 245 g/mol. The molecule has 0 aromatic heterocycles. The summed E-state index contributed by atoms with van der Waals surface area (Å²) in [5.41, 5.74) is 0. The van der Waals surface area contributed by atoms with Crippen molar-refractivity contribution in [3.8, 4) is 0 Å². The van der Waals surface area contributed by atoms with Crippen molar-refractivity contribution >= 4 is 22.8 Å². The Kier molecular flexibility index (Phi) is 7.93. The third-order valence-corrected chi connectivity index (χ3v) is 3.18. The number of rotatable bonds is 7. The molecule has 0 aliphatic rings. The zero-order valence-electron chi connectivity index (χ0n) is 9.73. The molecule has 0 bridgehead atoms. The first-order valence-corrected chi connectivity index (χ1v) is 6.25. The minimum atomic E-state index is -0.801. The number of aliphatic hydroxyl groups excluding tert-OH is 1. The van der Waals surface area contributed by atoms with E-state index in [1.807, 2.05) is 0 Å². The molecular formula is C11H19NO3S. The molecule has 0 saturated carbocycles. The molecule has 0 heterocycles. The van der Waals surface area contributed by atoms with Gasteiger partial charge in [0.15, 0.2) is 5.12 Å². The Hall–Kier alpha value is -0.810. The summed E-state index contributed by atoms with van der Waals surface area (Å²) in [5, 5.41) is 11.9. The second kappa shape index (κ2) is 8.35. The van der Waals surface area contributed by atoms with Crippen LogP contribution in [-0.2, 0) is 9.59 Å². The fraction of sp³-hybridized carbons (Fsp3) is 0.636. The van der Waals surface area contributed by atoms with Crippen molar-refractivity contribution in [2.75, 3.05) is 12.3 Å². The quantitative estimate of drug-likeness (QED) is 0.518. The van der Waals surface area contributed by atoms with Gasteiger partial charge < -0.3 is 10.4 Å². The first-order valence-electron chi connectivity index (χ1n) is 5.26. The Morgan fingerprint density at radius 2 is 2.19 bits per heavy atom. The van der Waals surface area contributed by atoms with Gasteiger partial charge in [-0.15, -0.1) is 6.58 Å². The predicted molar refractivity (Wildman–Crippen MR) is 66.1 cm³/mol. The van der Waals surface area contributed by atoms with Crippen LogP contribution in [0, 0.1) is 5.92 Å². The molecule has 0 aliphatic carbocycles. The lowest BCUT2D eigenvalue weighted by Crippen LogP contribution is -2.26. The zero-order chi connectivity index (χ0) is 12.6. The standard InChI is InChI=1S/C11H19NO3S/c1-4-9(13)8(3)11(15)16-7-6-12-10(14)5-2/h4,8-9,13H,1,5-7H2,2-3H3,(H,12,14)/t8-,9?/m0/s1. The molecular weight excluding hydrogens is 226 g/mol. The van der Waals surface area contributed by atoms with Crippen molar-refractivity contribution in [3.63, 3.8) is 0 Å². The Balaban J connectivity index is 3.73. The van der Waals surface area contributed by atoms with Crippen LogP contribution in [0.1, 0.15) is 20.3 Å². The molecule has 2 N–H and O–H groups in total. The predicted octanol–water partition coefficient (Wildman–Crippen LogP) is 0.955. The molecule has 5 heteroatoms. The first kappa shape index (κ1) is 15.2. The van der Waals surface area contributed by atoms with E-state index in [4.69, 9.17) is 0 Å². The number of thioether (sulfide) groups is 1. The smallest absolute Gasteiger partial charge is 0.219 e. The molecule has 92 valence electrons. The molecule has 16 heavy (non-hydrogen) atoms. The molecule has 4 nitrogen and oxygen atoms in total. The van der Waals surface area contributed by atoms with E-state index in [9.17, 15) is 14.7 Å². The second-order valence-corrected chi connectivity index (χ2v) is 4.49. The molecule has 0 aromatic carbocycles. The number of hydrogen-bond acceptors (Lipinski definition) is 4. The van der Waals surface area contributed by atoms with E-state index in [1.54, 1.807) is 13.8 Å². The highest BCUT2D eigenvalue weighted by Crippen LogP contribution is 2.14. The van der Waals surface area contributed by atoms with Gasteiger partial charge in [0, 0.05) is 18.7 Å². The summed E-state index contributed by atoms with van der Waals surface area (Å²) < 4.78 is 0. The van der Waals surface area contributed by atoms with Gasteiger partial charge in [-0.2, -0.15) is 0 Å². The lowest BCUT2D eigenvalue weighted by Gasteiger charge is -2.13. The summed E-state index contributed by atoms with van der Waals surface area (Å²) in [4.78, 5) is 22.4. The zero-order valence-corrected chi connectivity index (χ0v) is 10.5. The van der Waals surface area contributed by atoms with Crippen LogP contribution in [0.25, 0.3) is 0 Å². The third kappa shape index (κ3) is 5.92. The highest BCUT2D eigenvalue weighted by Gasteiger charge is 2.19. The molecule has 0 rings (SSSR count). The molecule has 0 radical (unpaired) electrons. The minimum Gasteiger partial charge on any atom is -0.388 e. The van der Waals surface area contributed by atoms with Crippen molar-refractivity contribution in [3.05, 3.63) is 12.7 Å². The Morgan fingerprint density at radius 1 is 1.56 bits per heavy atom. The molecule has 2 atom stereocenters. The Morgan fingerprint density at radius 3 is 2.69 bits per heavy atom. The summed E-state index contributed by atoms with van der Waals surface area (Å²) >= 11 is 1.12. The van der Waals surface area contributed by atoms with E-state index in [2.05, 4.69) is 11.9 Å². The second-order valence-electron chi connectivity index (χ2n) is 3.39. The van der Waals surface area contributed by atoms with Gasteiger partial charge in [0.05, 0.1) is 12.0 Å². The van der Waals surface area contributed by atoms with E-state index in [0.29, 0.717) is 18.7 Å². The number of nitrogens with one attached hydrogen (secondary N) is 1. The van der Waals surface area contributed by atoms with Crippen molar-refractivity contribution in [2.45, 2.75) is 26.4 Å².